The molecular weight excluding hydrogens is 362 g/mol. The van der Waals surface area contributed by atoms with Crippen LogP contribution >= 0.6 is 23.2 Å². The number of aliphatic hydroxyl groups excluding tert-OH is 1. The minimum absolute atomic E-state index is 0.103. The molecular formula is C15H13Cl2FN2O4. The fraction of sp³-hybridized carbons (Fsp3) is 0.200. The van der Waals surface area contributed by atoms with Gasteiger partial charge in [-0.3, -0.25) is 10.1 Å². The van der Waals surface area contributed by atoms with Crippen LogP contribution in [0, 0.1) is 15.9 Å². The molecule has 0 bridgehead atoms. The number of nitro benzene ring substituents is 1. The normalized spacial score (nSPS) is 11.9. The summed E-state index contributed by atoms with van der Waals surface area (Å²) in [6, 6.07) is 6.91. The molecule has 0 aromatic heterocycles. The molecule has 0 saturated carbocycles. The molecule has 0 fully saturated rings. The lowest BCUT2D eigenvalue weighted by Crippen LogP contribution is -2.14. The fourth-order valence-corrected chi connectivity index (χ4v) is 2.80. The van der Waals surface area contributed by atoms with E-state index in [1.165, 1.54) is 13.2 Å². The summed E-state index contributed by atoms with van der Waals surface area (Å²) in [5.74, 6) is -0.946. The molecule has 0 aliphatic rings. The number of hydrogen-bond donors (Lipinski definition) is 2. The molecule has 1 unspecified atom stereocenters. The number of nitro groups is 1. The van der Waals surface area contributed by atoms with Crippen LogP contribution in [0.15, 0.2) is 30.3 Å². The molecule has 0 aliphatic heterocycles. The van der Waals surface area contributed by atoms with Gasteiger partial charge in [-0.25, -0.2) is 0 Å². The zero-order chi connectivity index (χ0) is 17.9. The number of ether oxygens (including phenoxy) is 1. The first-order chi connectivity index (χ1) is 11.3. The molecule has 1 atom stereocenters. The standard InChI is InChI=1S/C15H13Cl2FN2O4/c1-24-8-5-11(18)15(20(22)23)12(6-8)19-7-13(21)14-9(16)3-2-4-10(14)17/h2-6,13,19,21H,7H2,1H3. The van der Waals surface area contributed by atoms with Crippen LogP contribution in [0.5, 0.6) is 5.75 Å². The molecule has 24 heavy (non-hydrogen) atoms. The number of rotatable bonds is 6. The van der Waals surface area contributed by atoms with E-state index in [4.69, 9.17) is 27.9 Å². The largest absolute Gasteiger partial charge is 0.497 e. The molecule has 0 amide bonds. The van der Waals surface area contributed by atoms with Gasteiger partial charge in [0.1, 0.15) is 11.4 Å². The van der Waals surface area contributed by atoms with Gasteiger partial charge in [0, 0.05) is 34.3 Å². The van der Waals surface area contributed by atoms with Gasteiger partial charge in [-0.1, -0.05) is 29.3 Å². The summed E-state index contributed by atoms with van der Waals surface area (Å²) in [7, 11) is 1.31. The number of aliphatic hydroxyl groups is 1. The Labute approximate surface area is 146 Å². The highest BCUT2D eigenvalue weighted by molar-refractivity contribution is 6.36. The molecule has 6 nitrogen and oxygen atoms in total. The average Bonchev–Trinajstić information content (AvgIpc) is 2.51. The third kappa shape index (κ3) is 3.87. The quantitative estimate of drug-likeness (QED) is 0.584. The summed E-state index contributed by atoms with van der Waals surface area (Å²) < 4.78 is 18.8. The van der Waals surface area contributed by atoms with Crippen LogP contribution in [0.2, 0.25) is 10.0 Å². The molecule has 2 N–H and O–H groups in total. The maximum absolute atomic E-state index is 13.9. The van der Waals surface area contributed by atoms with Gasteiger partial charge in [0.05, 0.1) is 18.1 Å². The summed E-state index contributed by atoms with van der Waals surface area (Å²) in [6.07, 6.45) is -1.15. The predicted octanol–water partition coefficient (Wildman–Crippen LogP) is 4.19. The van der Waals surface area contributed by atoms with Gasteiger partial charge in [0.2, 0.25) is 5.82 Å². The summed E-state index contributed by atoms with van der Waals surface area (Å²) in [5, 5.41) is 24.4. The van der Waals surface area contributed by atoms with E-state index < -0.39 is 22.5 Å². The summed E-state index contributed by atoms with van der Waals surface area (Å²) in [4.78, 5) is 10.2. The topological polar surface area (TPSA) is 84.6 Å². The van der Waals surface area contributed by atoms with Crippen LogP contribution in [0.3, 0.4) is 0 Å². The van der Waals surface area contributed by atoms with Crippen molar-refractivity contribution in [3.8, 4) is 5.75 Å². The van der Waals surface area contributed by atoms with E-state index in [9.17, 15) is 19.6 Å². The third-order valence-corrected chi connectivity index (χ3v) is 3.93. The van der Waals surface area contributed by atoms with Crippen molar-refractivity contribution in [3.63, 3.8) is 0 Å². The molecule has 0 heterocycles. The number of hydrogen-bond acceptors (Lipinski definition) is 5. The smallest absolute Gasteiger partial charge is 0.327 e. The van der Waals surface area contributed by atoms with Crippen molar-refractivity contribution in [2.75, 3.05) is 19.0 Å². The van der Waals surface area contributed by atoms with E-state index in [0.29, 0.717) is 0 Å². The molecule has 2 aromatic rings. The van der Waals surface area contributed by atoms with E-state index in [-0.39, 0.29) is 33.6 Å². The Morgan fingerprint density at radius 3 is 2.54 bits per heavy atom. The molecule has 0 radical (unpaired) electrons. The van der Waals surface area contributed by atoms with Crippen molar-refractivity contribution in [2.24, 2.45) is 0 Å². The summed E-state index contributed by atoms with van der Waals surface area (Å²) in [6.45, 7) is -0.170. The van der Waals surface area contributed by atoms with Crippen LogP contribution in [-0.2, 0) is 0 Å². The maximum atomic E-state index is 13.9. The molecule has 2 rings (SSSR count). The lowest BCUT2D eigenvalue weighted by atomic mass is 10.1. The molecule has 0 spiro atoms. The van der Waals surface area contributed by atoms with Gasteiger partial charge >= 0.3 is 5.69 Å². The van der Waals surface area contributed by atoms with E-state index in [1.807, 2.05) is 0 Å². The van der Waals surface area contributed by atoms with Crippen LogP contribution in [0.1, 0.15) is 11.7 Å². The van der Waals surface area contributed by atoms with Crippen molar-refractivity contribution in [3.05, 3.63) is 61.9 Å². The van der Waals surface area contributed by atoms with Crippen LogP contribution in [0.25, 0.3) is 0 Å². The van der Waals surface area contributed by atoms with Crippen molar-refractivity contribution in [2.45, 2.75) is 6.10 Å². The Hall–Kier alpha value is -2.09. The van der Waals surface area contributed by atoms with Gasteiger partial charge in [-0.2, -0.15) is 4.39 Å². The van der Waals surface area contributed by atoms with Gasteiger partial charge in [0.25, 0.3) is 0 Å². The van der Waals surface area contributed by atoms with Gasteiger partial charge in [0.15, 0.2) is 0 Å². The minimum atomic E-state index is -1.15. The number of methoxy groups -OCH3 is 1. The maximum Gasteiger partial charge on any atom is 0.327 e. The van der Waals surface area contributed by atoms with Gasteiger partial charge in [-0.05, 0) is 12.1 Å². The van der Waals surface area contributed by atoms with E-state index in [1.54, 1.807) is 18.2 Å². The first-order valence-corrected chi connectivity index (χ1v) is 7.48. The Morgan fingerprint density at radius 2 is 2.00 bits per heavy atom. The summed E-state index contributed by atoms with van der Waals surface area (Å²) in [5.41, 5.74) is -0.591. The minimum Gasteiger partial charge on any atom is -0.497 e. The highest BCUT2D eigenvalue weighted by Gasteiger charge is 2.23. The van der Waals surface area contributed by atoms with Crippen molar-refractivity contribution in [1.82, 2.24) is 0 Å². The van der Waals surface area contributed by atoms with Crippen molar-refractivity contribution >= 4 is 34.6 Å². The lowest BCUT2D eigenvalue weighted by molar-refractivity contribution is -0.386. The Morgan fingerprint density at radius 1 is 1.38 bits per heavy atom. The number of halogens is 3. The summed E-state index contributed by atoms with van der Waals surface area (Å²) >= 11 is 12.0. The zero-order valence-corrected chi connectivity index (χ0v) is 13.9. The van der Waals surface area contributed by atoms with E-state index in [0.717, 1.165) is 6.07 Å². The lowest BCUT2D eigenvalue weighted by Gasteiger charge is -2.16. The molecule has 0 aliphatic carbocycles. The Kier molecular flexibility index (Phi) is 5.82. The number of nitrogens with one attached hydrogen (secondary N) is 1. The molecule has 128 valence electrons. The second-order valence-corrected chi connectivity index (χ2v) is 5.61. The van der Waals surface area contributed by atoms with Crippen LogP contribution in [-0.4, -0.2) is 23.7 Å². The Balaban J connectivity index is 2.28. The first-order valence-electron chi connectivity index (χ1n) is 6.73. The van der Waals surface area contributed by atoms with E-state index in [2.05, 4.69) is 5.32 Å². The van der Waals surface area contributed by atoms with Gasteiger partial charge in [-0.15, -0.1) is 0 Å². The van der Waals surface area contributed by atoms with E-state index >= 15 is 0 Å². The average molecular weight is 375 g/mol. The monoisotopic (exact) mass is 374 g/mol. The number of nitrogens with zero attached hydrogens (tertiary/aromatic N) is 1. The SMILES string of the molecule is COc1cc(F)c([N+](=O)[O-])c(NCC(O)c2c(Cl)cccc2Cl)c1. The number of benzene rings is 2. The zero-order valence-electron chi connectivity index (χ0n) is 12.4. The highest BCUT2D eigenvalue weighted by atomic mass is 35.5. The highest BCUT2D eigenvalue weighted by Crippen LogP contribution is 2.34. The van der Waals surface area contributed by atoms with Crippen molar-refractivity contribution in [1.29, 1.82) is 0 Å². The second kappa shape index (κ2) is 7.65. The molecule has 2 aromatic carbocycles. The van der Waals surface area contributed by atoms with Crippen LogP contribution in [0.4, 0.5) is 15.8 Å². The van der Waals surface area contributed by atoms with Crippen molar-refractivity contribution < 1.29 is 19.2 Å². The predicted molar refractivity (Wildman–Crippen MR) is 89.5 cm³/mol. The Bertz CT molecular complexity index is 753. The number of anilines is 1. The van der Waals surface area contributed by atoms with Gasteiger partial charge < -0.3 is 15.2 Å². The van der Waals surface area contributed by atoms with Crippen LogP contribution < -0.4 is 10.1 Å². The fourth-order valence-electron chi connectivity index (χ4n) is 2.15. The third-order valence-electron chi connectivity index (χ3n) is 3.27. The molecule has 9 heteroatoms. The second-order valence-electron chi connectivity index (χ2n) is 4.79. The first kappa shape index (κ1) is 18.3. The molecule has 0 saturated heterocycles.